The highest BCUT2D eigenvalue weighted by molar-refractivity contribution is 9.11. The van der Waals surface area contributed by atoms with Gasteiger partial charge in [-0.2, -0.15) is 0 Å². The first-order valence-electron chi connectivity index (χ1n) is 13.0. The number of hydrogen-bond acceptors (Lipinski definition) is 9. The molecule has 220 valence electrons. The number of Topliss-reactive ketones (excluding diaryl/α,β-unsaturated/α-hetero) is 1. The van der Waals surface area contributed by atoms with E-state index in [2.05, 4.69) is 31.9 Å². The van der Waals surface area contributed by atoms with Crippen molar-refractivity contribution in [3.8, 4) is 23.0 Å². The molecule has 41 heavy (non-hydrogen) atoms. The number of ketones is 1. The van der Waals surface area contributed by atoms with Gasteiger partial charge in [-0.25, -0.2) is 9.59 Å². The maximum absolute atomic E-state index is 13.5. The van der Waals surface area contributed by atoms with Crippen molar-refractivity contribution in [2.24, 2.45) is 0 Å². The lowest BCUT2D eigenvalue weighted by atomic mass is 9.87. The van der Waals surface area contributed by atoms with E-state index < -0.39 is 11.9 Å². The Balaban J connectivity index is 1.83. The molecule has 0 atom stereocenters. The molecule has 0 unspecified atom stereocenters. The molecule has 0 radical (unpaired) electrons. The normalized spacial score (nSPS) is 15.0. The van der Waals surface area contributed by atoms with Gasteiger partial charge < -0.3 is 28.4 Å². The molecule has 1 saturated carbocycles. The Hall–Kier alpha value is -3.31. The van der Waals surface area contributed by atoms with Crippen molar-refractivity contribution < 1.29 is 42.8 Å². The van der Waals surface area contributed by atoms with Gasteiger partial charge in [-0.3, -0.25) is 4.79 Å². The molecule has 0 aromatic heterocycles. The molecule has 0 bridgehead atoms. The minimum absolute atomic E-state index is 0.0493. The summed E-state index contributed by atoms with van der Waals surface area (Å²) < 4.78 is 33.2. The van der Waals surface area contributed by atoms with Gasteiger partial charge in [0.1, 0.15) is 0 Å². The minimum Gasteiger partial charge on any atom is -0.493 e. The third-order valence-electron chi connectivity index (χ3n) is 5.94. The third kappa shape index (κ3) is 8.84. The van der Waals surface area contributed by atoms with Crippen molar-refractivity contribution in [3.05, 3.63) is 55.5 Å². The number of carbonyl (C=O) groups is 3. The van der Waals surface area contributed by atoms with Crippen LogP contribution in [-0.2, 0) is 23.9 Å². The van der Waals surface area contributed by atoms with Crippen molar-refractivity contribution >= 4 is 61.7 Å². The molecular weight excluding hydrogens is 664 g/mol. The highest BCUT2D eigenvalue weighted by Gasteiger charge is 2.22. The van der Waals surface area contributed by atoms with Gasteiger partial charge in [0, 0.05) is 11.1 Å². The van der Waals surface area contributed by atoms with Crippen molar-refractivity contribution in [1.82, 2.24) is 0 Å². The number of esters is 2. The first kappa shape index (κ1) is 32.2. The van der Waals surface area contributed by atoms with Gasteiger partial charge in [-0.15, -0.1) is 0 Å². The van der Waals surface area contributed by atoms with E-state index in [0.29, 0.717) is 55.9 Å². The molecule has 2 aromatic carbocycles. The quantitative estimate of drug-likeness (QED) is 0.186. The lowest BCUT2D eigenvalue weighted by Crippen LogP contribution is -2.15. The summed E-state index contributed by atoms with van der Waals surface area (Å²) in [7, 11) is 3.00. The maximum Gasteiger partial charge on any atom is 0.344 e. The van der Waals surface area contributed by atoms with Crippen LogP contribution in [0.2, 0.25) is 0 Å². The van der Waals surface area contributed by atoms with Gasteiger partial charge in [-0.05, 0) is 113 Å². The fourth-order valence-electron chi connectivity index (χ4n) is 4.17. The molecule has 1 aliphatic rings. The predicted octanol–water partition coefficient (Wildman–Crippen LogP) is 6.33. The maximum atomic E-state index is 13.5. The van der Waals surface area contributed by atoms with Crippen LogP contribution < -0.4 is 18.9 Å². The number of carbonyl (C=O) groups excluding carboxylic acids is 3. The molecule has 0 saturated heterocycles. The van der Waals surface area contributed by atoms with E-state index in [1.54, 1.807) is 38.1 Å². The fourth-order valence-corrected chi connectivity index (χ4v) is 5.32. The lowest BCUT2D eigenvalue weighted by Gasteiger charge is -2.18. The van der Waals surface area contributed by atoms with Crippen LogP contribution in [0.5, 0.6) is 23.0 Å². The molecule has 0 N–H and O–H groups in total. The van der Waals surface area contributed by atoms with E-state index in [9.17, 15) is 14.4 Å². The number of rotatable bonds is 12. The molecular formula is C30H32Br2O9. The number of allylic oxidation sites excluding steroid dienone is 2. The van der Waals surface area contributed by atoms with Gasteiger partial charge in [0.15, 0.2) is 42.0 Å². The summed E-state index contributed by atoms with van der Waals surface area (Å²) in [4.78, 5) is 36.9. The molecule has 3 rings (SSSR count). The van der Waals surface area contributed by atoms with Crippen LogP contribution in [-0.4, -0.2) is 58.4 Å². The van der Waals surface area contributed by atoms with Gasteiger partial charge in [0.2, 0.25) is 0 Å². The van der Waals surface area contributed by atoms with Crippen LogP contribution in [0.1, 0.15) is 44.2 Å². The average Bonchev–Trinajstić information content (AvgIpc) is 2.93. The Labute approximate surface area is 256 Å². The van der Waals surface area contributed by atoms with Crippen LogP contribution in [0.25, 0.3) is 12.2 Å². The second-order valence-electron chi connectivity index (χ2n) is 8.78. The molecule has 0 aliphatic heterocycles. The van der Waals surface area contributed by atoms with Crippen LogP contribution in [0.3, 0.4) is 0 Å². The Kier molecular flexibility index (Phi) is 12.3. The summed E-state index contributed by atoms with van der Waals surface area (Å²) in [5.41, 5.74) is 2.82. The standard InChI is InChI=1S/C30H32Br2O9/c1-5-38-26(33)16-40-29-22(31)12-18(14-24(29)36-3)10-20-8-7-9-21(28(20)35)11-19-13-23(32)30(25(15-19)37-4)41-17-27(34)39-6-2/h10-15H,5-9,16-17H2,1-4H3. The summed E-state index contributed by atoms with van der Waals surface area (Å²) in [6.07, 6.45) is 5.73. The van der Waals surface area contributed by atoms with Crippen molar-refractivity contribution in [3.63, 3.8) is 0 Å². The summed E-state index contributed by atoms with van der Waals surface area (Å²) in [5, 5.41) is 0. The summed E-state index contributed by atoms with van der Waals surface area (Å²) in [6, 6.07) is 7.11. The smallest absolute Gasteiger partial charge is 0.344 e. The van der Waals surface area contributed by atoms with E-state index in [1.165, 1.54) is 14.2 Å². The molecule has 0 amide bonds. The second-order valence-corrected chi connectivity index (χ2v) is 10.5. The minimum atomic E-state index is -0.483. The summed E-state index contributed by atoms with van der Waals surface area (Å²) in [5.74, 6) is 0.548. The third-order valence-corrected chi connectivity index (χ3v) is 7.12. The van der Waals surface area contributed by atoms with E-state index in [1.807, 2.05) is 12.2 Å². The first-order valence-corrected chi connectivity index (χ1v) is 14.6. The highest BCUT2D eigenvalue weighted by Crippen LogP contribution is 2.40. The van der Waals surface area contributed by atoms with Crippen LogP contribution in [0.4, 0.5) is 0 Å². The molecule has 0 spiro atoms. The zero-order valence-electron chi connectivity index (χ0n) is 23.3. The SMILES string of the molecule is CCOC(=O)COc1c(Br)cc(C=C2CCCC(=Cc3cc(Br)c(OCC(=O)OCC)c(OC)c3)C2=O)cc1OC. The van der Waals surface area contributed by atoms with Crippen molar-refractivity contribution in [2.75, 3.05) is 40.6 Å². The zero-order chi connectivity index (χ0) is 29.9. The van der Waals surface area contributed by atoms with Crippen LogP contribution in [0.15, 0.2) is 44.4 Å². The van der Waals surface area contributed by atoms with Gasteiger partial charge in [-0.1, -0.05) is 0 Å². The first-order chi connectivity index (χ1) is 19.7. The van der Waals surface area contributed by atoms with Crippen molar-refractivity contribution in [1.29, 1.82) is 0 Å². The summed E-state index contributed by atoms with van der Waals surface area (Å²) >= 11 is 6.96. The van der Waals surface area contributed by atoms with Crippen molar-refractivity contribution in [2.45, 2.75) is 33.1 Å². The largest absolute Gasteiger partial charge is 0.493 e. The predicted molar refractivity (Wildman–Crippen MR) is 160 cm³/mol. The molecule has 9 nitrogen and oxygen atoms in total. The van der Waals surface area contributed by atoms with Crippen LogP contribution >= 0.6 is 31.9 Å². The van der Waals surface area contributed by atoms with Gasteiger partial charge in [0.25, 0.3) is 0 Å². The van der Waals surface area contributed by atoms with E-state index in [-0.39, 0.29) is 32.2 Å². The topological polar surface area (TPSA) is 107 Å². The zero-order valence-corrected chi connectivity index (χ0v) is 26.5. The monoisotopic (exact) mass is 694 g/mol. The number of ether oxygens (including phenoxy) is 6. The van der Waals surface area contributed by atoms with Crippen LogP contribution in [0, 0.1) is 0 Å². The summed E-state index contributed by atoms with van der Waals surface area (Å²) in [6.45, 7) is 3.46. The van der Waals surface area contributed by atoms with E-state index in [4.69, 9.17) is 28.4 Å². The Morgan fingerprint density at radius 3 is 1.54 bits per heavy atom. The molecule has 0 heterocycles. The van der Waals surface area contributed by atoms with E-state index >= 15 is 0 Å². The molecule has 11 heteroatoms. The molecule has 1 aliphatic carbocycles. The van der Waals surface area contributed by atoms with Gasteiger partial charge in [0.05, 0.1) is 36.4 Å². The average molecular weight is 696 g/mol. The molecule has 1 fully saturated rings. The number of methoxy groups -OCH3 is 2. The Morgan fingerprint density at radius 2 is 1.17 bits per heavy atom. The number of benzene rings is 2. The molecule has 2 aromatic rings. The number of halogens is 2. The fraction of sp³-hybridized carbons (Fsp3) is 0.367. The Morgan fingerprint density at radius 1 is 0.756 bits per heavy atom. The second kappa shape index (κ2) is 15.6. The van der Waals surface area contributed by atoms with Gasteiger partial charge >= 0.3 is 11.9 Å². The Bertz CT molecular complexity index is 1250. The lowest BCUT2D eigenvalue weighted by molar-refractivity contribution is -0.146. The van der Waals surface area contributed by atoms with E-state index in [0.717, 1.165) is 17.5 Å². The highest BCUT2D eigenvalue weighted by atomic mass is 79.9. The number of hydrogen-bond donors (Lipinski definition) is 0.